The van der Waals surface area contributed by atoms with Crippen molar-refractivity contribution in [2.45, 2.75) is 17.1 Å². The van der Waals surface area contributed by atoms with Crippen LogP contribution in [0.15, 0.2) is 53.4 Å². The van der Waals surface area contributed by atoms with Crippen molar-refractivity contribution in [3.8, 4) is 0 Å². The zero-order chi connectivity index (χ0) is 19.2. The Labute approximate surface area is 161 Å². The van der Waals surface area contributed by atoms with Gasteiger partial charge in [0.05, 0.1) is 34.8 Å². The van der Waals surface area contributed by atoms with Crippen LogP contribution in [0.4, 0.5) is 17.1 Å². The van der Waals surface area contributed by atoms with Crippen LogP contribution < -0.4 is 10.2 Å². The normalized spacial score (nSPS) is 15.2. The Balaban J connectivity index is 1.65. The molecule has 1 atom stereocenters. The predicted octanol–water partition coefficient (Wildman–Crippen LogP) is 3.55. The van der Waals surface area contributed by atoms with Gasteiger partial charge in [0.15, 0.2) is 0 Å². The van der Waals surface area contributed by atoms with E-state index in [9.17, 15) is 14.9 Å². The van der Waals surface area contributed by atoms with Gasteiger partial charge in [-0.05, 0) is 31.2 Å². The molecule has 1 saturated heterocycles. The molecule has 1 fully saturated rings. The van der Waals surface area contributed by atoms with Gasteiger partial charge in [-0.1, -0.05) is 12.1 Å². The molecule has 142 valence electrons. The van der Waals surface area contributed by atoms with E-state index in [2.05, 4.69) is 10.2 Å². The Morgan fingerprint density at radius 3 is 2.52 bits per heavy atom. The van der Waals surface area contributed by atoms with Gasteiger partial charge in [0.2, 0.25) is 5.91 Å². The first kappa shape index (κ1) is 19.2. The number of nitro benzene ring substituents is 1. The number of nitrogens with one attached hydrogen (secondary N) is 1. The molecule has 3 rings (SSSR count). The van der Waals surface area contributed by atoms with Crippen molar-refractivity contribution in [2.24, 2.45) is 0 Å². The van der Waals surface area contributed by atoms with Crippen molar-refractivity contribution < 1.29 is 14.5 Å². The Kier molecular flexibility index (Phi) is 6.31. The topological polar surface area (TPSA) is 84.7 Å². The smallest absolute Gasteiger partial charge is 0.269 e. The van der Waals surface area contributed by atoms with Crippen LogP contribution in [0.5, 0.6) is 0 Å². The van der Waals surface area contributed by atoms with Crippen molar-refractivity contribution in [2.75, 3.05) is 36.5 Å². The Morgan fingerprint density at radius 2 is 1.85 bits per heavy atom. The van der Waals surface area contributed by atoms with Gasteiger partial charge in [-0.3, -0.25) is 14.9 Å². The summed E-state index contributed by atoms with van der Waals surface area (Å²) in [7, 11) is 0. The highest BCUT2D eigenvalue weighted by Crippen LogP contribution is 2.29. The van der Waals surface area contributed by atoms with Gasteiger partial charge in [-0.2, -0.15) is 0 Å². The van der Waals surface area contributed by atoms with E-state index in [0.29, 0.717) is 13.2 Å². The number of non-ortho nitro benzene ring substituents is 1. The van der Waals surface area contributed by atoms with Gasteiger partial charge < -0.3 is 15.0 Å². The Hall–Kier alpha value is -2.58. The minimum atomic E-state index is -0.437. The lowest BCUT2D eigenvalue weighted by atomic mass is 10.2. The third-order valence-corrected chi connectivity index (χ3v) is 5.36. The molecule has 0 bridgehead atoms. The maximum absolute atomic E-state index is 12.6. The molecule has 0 spiro atoms. The molecule has 1 N–H and O–H groups in total. The molecule has 27 heavy (non-hydrogen) atoms. The molecule has 0 radical (unpaired) electrons. The van der Waals surface area contributed by atoms with Gasteiger partial charge in [-0.25, -0.2) is 0 Å². The molecular formula is C19H21N3O4S. The maximum Gasteiger partial charge on any atom is 0.269 e. The number of hydrogen-bond donors (Lipinski definition) is 1. The molecule has 1 amide bonds. The first-order valence-electron chi connectivity index (χ1n) is 8.68. The molecule has 7 nitrogen and oxygen atoms in total. The summed E-state index contributed by atoms with van der Waals surface area (Å²) >= 11 is 1.36. The molecule has 8 heteroatoms. The number of benzene rings is 2. The maximum atomic E-state index is 12.6. The summed E-state index contributed by atoms with van der Waals surface area (Å²) in [5.41, 5.74) is 1.80. The van der Waals surface area contributed by atoms with E-state index in [1.165, 1.54) is 23.9 Å². The standard InChI is InChI=1S/C19H21N3O4S/c1-14(27-16-8-6-15(7-9-16)22(24)25)19(23)20-17-4-2-3-5-18(17)21-10-12-26-13-11-21/h2-9,14H,10-13H2,1H3,(H,20,23). The second kappa shape index (κ2) is 8.88. The largest absolute Gasteiger partial charge is 0.378 e. The number of anilines is 2. The molecule has 1 aliphatic rings. The Bertz CT molecular complexity index is 807. The van der Waals surface area contributed by atoms with Gasteiger partial charge in [0, 0.05) is 30.1 Å². The number of nitro groups is 1. The molecule has 2 aromatic rings. The fraction of sp³-hybridized carbons (Fsp3) is 0.316. The number of rotatable bonds is 6. The van der Waals surface area contributed by atoms with Gasteiger partial charge in [0.25, 0.3) is 5.69 Å². The molecule has 1 unspecified atom stereocenters. The lowest BCUT2D eigenvalue weighted by Gasteiger charge is -2.30. The summed E-state index contributed by atoms with van der Waals surface area (Å²) < 4.78 is 5.40. The fourth-order valence-corrected chi connectivity index (χ4v) is 3.67. The minimum Gasteiger partial charge on any atom is -0.378 e. The minimum absolute atomic E-state index is 0.0379. The van der Waals surface area contributed by atoms with Gasteiger partial charge in [0.1, 0.15) is 0 Å². The lowest BCUT2D eigenvalue weighted by molar-refractivity contribution is -0.384. The third kappa shape index (κ3) is 4.99. The average Bonchev–Trinajstić information content (AvgIpc) is 2.69. The van der Waals surface area contributed by atoms with Crippen LogP contribution in [0.2, 0.25) is 0 Å². The number of carbonyl (C=O) groups is 1. The summed E-state index contributed by atoms with van der Waals surface area (Å²) in [5, 5.41) is 13.4. The van der Waals surface area contributed by atoms with E-state index >= 15 is 0 Å². The number of hydrogen-bond acceptors (Lipinski definition) is 6. The average molecular weight is 387 g/mol. The van der Waals surface area contributed by atoms with Crippen molar-refractivity contribution in [3.05, 3.63) is 58.6 Å². The highest BCUT2D eigenvalue weighted by atomic mass is 32.2. The van der Waals surface area contributed by atoms with E-state index in [-0.39, 0.29) is 16.8 Å². The summed E-state index contributed by atoms with van der Waals surface area (Å²) in [6.45, 7) is 4.75. The number of carbonyl (C=O) groups excluding carboxylic acids is 1. The highest BCUT2D eigenvalue weighted by Gasteiger charge is 2.19. The van der Waals surface area contributed by atoms with Crippen LogP contribution in [-0.4, -0.2) is 42.4 Å². The number of nitrogens with zero attached hydrogens (tertiary/aromatic N) is 2. The fourth-order valence-electron chi connectivity index (χ4n) is 2.80. The van der Waals surface area contributed by atoms with E-state index in [4.69, 9.17) is 4.74 Å². The van der Waals surface area contributed by atoms with Crippen molar-refractivity contribution in [1.29, 1.82) is 0 Å². The SMILES string of the molecule is CC(Sc1ccc([N+](=O)[O-])cc1)C(=O)Nc1ccccc1N1CCOCC1. The van der Waals surface area contributed by atoms with E-state index < -0.39 is 4.92 Å². The second-order valence-electron chi connectivity index (χ2n) is 6.12. The molecule has 2 aromatic carbocycles. The van der Waals surface area contributed by atoms with E-state index in [1.807, 2.05) is 31.2 Å². The van der Waals surface area contributed by atoms with Crippen molar-refractivity contribution in [1.82, 2.24) is 0 Å². The summed E-state index contributed by atoms with van der Waals surface area (Å²) in [6.07, 6.45) is 0. The third-order valence-electron chi connectivity index (χ3n) is 4.24. The number of ether oxygens (including phenoxy) is 1. The van der Waals surface area contributed by atoms with Crippen molar-refractivity contribution in [3.63, 3.8) is 0 Å². The van der Waals surface area contributed by atoms with E-state index in [0.717, 1.165) is 29.4 Å². The van der Waals surface area contributed by atoms with Gasteiger partial charge in [-0.15, -0.1) is 11.8 Å². The highest BCUT2D eigenvalue weighted by molar-refractivity contribution is 8.00. The molecule has 1 aliphatic heterocycles. The Morgan fingerprint density at radius 1 is 1.19 bits per heavy atom. The number of morpholine rings is 1. The molecule has 0 saturated carbocycles. The monoisotopic (exact) mass is 387 g/mol. The molecule has 0 aromatic heterocycles. The number of thioether (sulfide) groups is 1. The van der Waals surface area contributed by atoms with Crippen LogP contribution >= 0.6 is 11.8 Å². The number of amides is 1. The van der Waals surface area contributed by atoms with Crippen LogP contribution in [0, 0.1) is 10.1 Å². The second-order valence-corrected chi connectivity index (χ2v) is 7.53. The van der Waals surface area contributed by atoms with Gasteiger partial charge >= 0.3 is 0 Å². The quantitative estimate of drug-likeness (QED) is 0.464. The summed E-state index contributed by atoms with van der Waals surface area (Å²) in [5.74, 6) is -0.112. The first-order valence-corrected chi connectivity index (χ1v) is 9.56. The molecule has 1 heterocycles. The van der Waals surface area contributed by atoms with Crippen LogP contribution in [0.1, 0.15) is 6.92 Å². The predicted molar refractivity (Wildman–Crippen MR) is 107 cm³/mol. The van der Waals surface area contributed by atoms with Crippen molar-refractivity contribution >= 4 is 34.7 Å². The summed E-state index contributed by atoms with van der Waals surface area (Å²) in [4.78, 5) is 25.9. The van der Waals surface area contributed by atoms with Crippen LogP contribution in [0.3, 0.4) is 0 Å². The molecular weight excluding hydrogens is 366 g/mol. The van der Waals surface area contributed by atoms with E-state index in [1.54, 1.807) is 12.1 Å². The zero-order valence-electron chi connectivity index (χ0n) is 15.0. The van der Waals surface area contributed by atoms with Crippen LogP contribution in [-0.2, 0) is 9.53 Å². The van der Waals surface area contributed by atoms with Crippen LogP contribution in [0.25, 0.3) is 0 Å². The summed E-state index contributed by atoms with van der Waals surface area (Å²) in [6, 6.07) is 14.0. The molecule has 0 aliphatic carbocycles. The zero-order valence-corrected chi connectivity index (χ0v) is 15.8. The number of para-hydroxylation sites is 2. The first-order chi connectivity index (χ1) is 13.0. The lowest BCUT2D eigenvalue weighted by Crippen LogP contribution is -2.37.